The van der Waals surface area contributed by atoms with Crippen LogP contribution in [0.25, 0.3) is 0 Å². The number of para-hydroxylation sites is 1. The van der Waals surface area contributed by atoms with E-state index in [-0.39, 0.29) is 18.4 Å². The summed E-state index contributed by atoms with van der Waals surface area (Å²) in [6.07, 6.45) is 0.763. The minimum absolute atomic E-state index is 0.163. The van der Waals surface area contributed by atoms with Gasteiger partial charge in [0.25, 0.3) is 0 Å². The largest absolute Gasteiger partial charge is 0.326 e. The molecule has 1 aliphatic rings. The van der Waals surface area contributed by atoms with Crippen molar-refractivity contribution in [1.82, 2.24) is 4.72 Å². The Labute approximate surface area is 113 Å². The van der Waals surface area contributed by atoms with Gasteiger partial charge in [-0.15, -0.1) is 0 Å². The van der Waals surface area contributed by atoms with Crippen LogP contribution in [0.3, 0.4) is 0 Å². The highest BCUT2D eigenvalue weighted by Crippen LogP contribution is 2.37. The zero-order chi connectivity index (χ0) is 14.0. The molecule has 0 radical (unpaired) electrons. The lowest BCUT2D eigenvalue weighted by Gasteiger charge is -2.22. The first-order valence-corrected chi connectivity index (χ1v) is 7.79. The Kier molecular flexibility index (Phi) is 3.80. The fraction of sp³-hybridized carbons (Fsp3) is 0.462. The number of carbonyl (C=O) groups excluding carboxylic acids is 1. The monoisotopic (exact) mass is 282 g/mol. The minimum Gasteiger partial charge on any atom is -0.274 e. The summed E-state index contributed by atoms with van der Waals surface area (Å²) in [6.45, 7) is 3.94. The molecule has 5 nitrogen and oxygen atoms in total. The van der Waals surface area contributed by atoms with Crippen LogP contribution in [0.2, 0.25) is 0 Å². The second-order valence-corrected chi connectivity index (χ2v) is 6.39. The molecule has 0 aromatic heterocycles. The molecule has 2 unspecified atom stereocenters. The number of hydrogen-bond donors (Lipinski definition) is 1. The summed E-state index contributed by atoms with van der Waals surface area (Å²) < 4.78 is 27.8. The molecule has 2 rings (SSSR count). The van der Waals surface area contributed by atoms with Gasteiger partial charge in [-0.25, -0.2) is 4.72 Å². The van der Waals surface area contributed by atoms with Gasteiger partial charge in [-0.05, 0) is 31.4 Å². The van der Waals surface area contributed by atoms with E-state index in [1.807, 2.05) is 13.0 Å². The van der Waals surface area contributed by atoms with Crippen LogP contribution in [0.4, 0.5) is 5.69 Å². The van der Waals surface area contributed by atoms with Crippen molar-refractivity contribution >= 4 is 21.8 Å². The third-order valence-corrected chi connectivity index (χ3v) is 4.81. The molecule has 6 heteroatoms. The van der Waals surface area contributed by atoms with E-state index in [0.717, 1.165) is 6.42 Å². The molecule has 1 saturated carbocycles. The van der Waals surface area contributed by atoms with E-state index in [1.54, 1.807) is 31.2 Å². The first-order chi connectivity index (χ1) is 8.95. The molecule has 1 aliphatic carbocycles. The fourth-order valence-electron chi connectivity index (χ4n) is 2.03. The third kappa shape index (κ3) is 3.07. The van der Waals surface area contributed by atoms with Crippen molar-refractivity contribution < 1.29 is 13.2 Å². The molecular weight excluding hydrogens is 264 g/mol. The summed E-state index contributed by atoms with van der Waals surface area (Å²) in [4.78, 5) is 11.8. The van der Waals surface area contributed by atoms with Gasteiger partial charge in [0.05, 0.1) is 5.69 Å². The molecule has 0 heterocycles. The van der Waals surface area contributed by atoms with Crippen LogP contribution in [0.1, 0.15) is 20.3 Å². The molecular formula is C13H18N2O3S. The number of nitrogens with one attached hydrogen (secondary N) is 1. The van der Waals surface area contributed by atoms with Crippen molar-refractivity contribution in [2.75, 3.05) is 10.8 Å². The number of hydrogen-bond acceptors (Lipinski definition) is 3. The summed E-state index contributed by atoms with van der Waals surface area (Å²) in [5.41, 5.74) is 0.550. The van der Waals surface area contributed by atoms with Crippen molar-refractivity contribution in [2.45, 2.75) is 20.3 Å². The van der Waals surface area contributed by atoms with Crippen LogP contribution in [0.15, 0.2) is 30.3 Å². The lowest BCUT2D eigenvalue weighted by atomic mass is 10.3. The second-order valence-electron chi connectivity index (χ2n) is 4.79. The SMILES string of the molecule is CCN(c1ccccc1)S(=O)(=O)NC(=O)C1CC1C. The van der Waals surface area contributed by atoms with Crippen LogP contribution in [0, 0.1) is 11.8 Å². The highest BCUT2D eigenvalue weighted by atomic mass is 32.2. The average molecular weight is 282 g/mol. The van der Waals surface area contributed by atoms with Crippen LogP contribution in [-0.2, 0) is 15.0 Å². The number of nitrogens with zero attached hydrogens (tertiary/aromatic N) is 1. The number of anilines is 1. The van der Waals surface area contributed by atoms with E-state index in [2.05, 4.69) is 4.72 Å². The topological polar surface area (TPSA) is 66.5 Å². The van der Waals surface area contributed by atoms with Gasteiger partial charge in [-0.1, -0.05) is 25.1 Å². The number of rotatable bonds is 5. The molecule has 1 amide bonds. The summed E-state index contributed by atoms with van der Waals surface area (Å²) in [6, 6.07) is 8.74. The first-order valence-electron chi connectivity index (χ1n) is 6.35. The number of benzene rings is 1. The van der Waals surface area contributed by atoms with E-state index in [4.69, 9.17) is 0 Å². The fourth-order valence-corrected chi connectivity index (χ4v) is 3.29. The van der Waals surface area contributed by atoms with Gasteiger partial charge in [-0.3, -0.25) is 9.10 Å². The van der Waals surface area contributed by atoms with Crippen molar-refractivity contribution in [1.29, 1.82) is 0 Å². The predicted octanol–water partition coefficient (Wildman–Crippen LogP) is 1.53. The quantitative estimate of drug-likeness (QED) is 0.890. The Morgan fingerprint density at radius 1 is 1.37 bits per heavy atom. The van der Waals surface area contributed by atoms with Gasteiger partial charge >= 0.3 is 10.2 Å². The molecule has 0 bridgehead atoms. The molecule has 1 aromatic carbocycles. The molecule has 0 spiro atoms. The Balaban J connectivity index is 2.15. The maximum absolute atomic E-state index is 12.2. The van der Waals surface area contributed by atoms with Crippen molar-refractivity contribution in [3.05, 3.63) is 30.3 Å². The van der Waals surface area contributed by atoms with Gasteiger partial charge in [-0.2, -0.15) is 8.42 Å². The molecule has 19 heavy (non-hydrogen) atoms. The Morgan fingerprint density at radius 2 is 1.95 bits per heavy atom. The Bertz CT molecular complexity index is 557. The minimum atomic E-state index is -3.82. The van der Waals surface area contributed by atoms with Crippen molar-refractivity contribution in [2.24, 2.45) is 11.8 Å². The number of carbonyl (C=O) groups is 1. The predicted molar refractivity (Wildman–Crippen MR) is 73.8 cm³/mol. The zero-order valence-corrected chi connectivity index (χ0v) is 11.9. The van der Waals surface area contributed by atoms with Gasteiger partial charge in [0.2, 0.25) is 5.91 Å². The van der Waals surface area contributed by atoms with E-state index in [0.29, 0.717) is 5.69 Å². The molecule has 2 atom stereocenters. The maximum atomic E-state index is 12.2. The van der Waals surface area contributed by atoms with Crippen LogP contribution in [-0.4, -0.2) is 20.9 Å². The summed E-state index contributed by atoms with van der Waals surface area (Å²) in [5, 5.41) is 0. The van der Waals surface area contributed by atoms with Crippen LogP contribution < -0.4 is 9.03 Å². The average Bonchev–Trinajstić information content (AvgIpc) is 3.08. The van der Waals surface area contributed by atoms with Crippen molar-refractivity contribution in [3.8, 4) is 0 Å². The molecule has 0 saturated heterocycles. The molecule has 1 N–H and O–H groups in total. The summed E-state index contributed by atoms with van der Waals surface area (Å²) >= 11 is 0. The molecule has 1 aromatic rings. The lowest BCUT2D eigenvalue weighted by Crippen LogP contribution is -2.44. The zero-order valence-electron chi connectivity index (χ0n) is 11.0. The third-order valence-electron chi connectivity index (χ3n) is 3.30. The van der Waals surface area contributed by atoms with Gasteiger partial charge in [0.15, 0.2) is 0 Å². The van der Waals surface area contributed by atoms with Gasteiger partial charge in [0, 0.05) is 12.5 Å². The van der Waals surface area contributed by atoms with E-state index < -0.39 is 16.1 Å². The van der Waals surface area contributed by atoms with E-state index in [1.165, 1.54) is 4.31 Å². The smallest absolute Gasteiger partial charge is 0.274 e. The second kappa shape index (κ2) is 5.21. The highest BCUT2D eigenvalue weighted by molar-refractivity contribution is 7.91. The molecule has 0 aliphatic heterocycles. The summed E-state index contributed by atoms with van der Waals surface area (Å²) in [7, 11) is -3.82. The number of amides is 1. The Morgan fingerprint density at radius 3 is 2.42 bits per heavy atom. The molecule has 104 valence electrons. The highest BCUT2D eigenvalue weighted by Gasteiger charge is 2.41. The maximum Gasteiger partial charge on any atom is 0.326 e. The van der Waals surface area contributed by atoms with Crippen molar-refractivity contribution in [3.63, 3.8) is 0 Å². The van der Waals surface area contributed by atoms with Crippen LogP contribution >= 0.6 is 0 Å². The normalized spacial score (nSPS) is 21.8. The van der Waals surface area contributed by atoms with E-state index >= 15 is 0 Å². The molecule has 1 fully saturated rings. The van der Waals surface area contributed by atoms with Gasteiger partial charge < -0.3 is 0 Å². The lowest BCUT2D eigenvalue weighted by molar-refractivity contribution is -0.120. The van der Waals surface area contributed by atoms with Crippen LogP contribution in [0.5, 0.6) is 0 Å². The van der Waals surface area contributed by atoms with E-state index in [9.17, 15) is 13.2 Å². The summed E-state index contributed by atoms with van der Waals surface area (Å²) in [5.74, 6) is -0.284. The standard InChI is InChI=1S/C13H18N2O3S/c1-3-15(11-7-5-4-6-8-11)19(17,18)14-13(16)12-9-10(12)2/h4-8,10,12H,3,9H2,1-2H3,(H,14,16). The van der Waals surface area contributed by atoms with Gasteiger partial charge in [0.1, 0.15) is 0 Å². The Hall–Kier alpha value is -1.56. The first kappa shape index (κ1) is 13.9.